The first-order valence-electron chi connectivity index (χ1n) is 6.39. The summed E-state index contributed by atoms with van der Waals surface area (Å²) in [4.78, 5) is 15.6. The number of carbonyl (C=O) groups excluding carboxylic acids is 1. The van der Waals surface area contributed by atoms with Gasteiger partial charge in [0.2, 0.25) is 0 Å². The van der Waals surface area contributed by atoms with E-state index in [1.165, 1.54) is 12.4 Å². The summed E-state index contributed by atoms with van der Waals surface area (Å²) in [6.07, 6.45) is 2.82. The molecule has 0 aliphatic rings. The molecule has 2 rings (SSSR count). The number of hydrogen-bond donors (Lipinski definition) is 1. The van der Waals surface area contributed by atoms with Gasteiger partial charge in [0.1, 0.15) is 11.9 Å². The molecule has 0 aliphatic heterocycles. The van der Waals surface area contributed by atoms with Gasteiger partial charge in [-0.05, 0) is 25.1 Å². The minimum Gasteiger partial charge on any atom is -0.497 e. The van der Waals surface area contributed by atoms with E-state index in [0.29, 0.717) is 12.4 Å². The first-order valence-corrected chi connectivity index (χ1v) is 7.19. The normalized spacial score (nSPS) is 10.7. The van der Waals surface area contributed by atoms with Gasteiger partial charge in [0.25, 0.3) is 5.89 Å². The smallest absolute Gasteiger partial charge is 0.327 e. The second kappa shape index (κ2) is 7.60. The lowest BCUT2D eigenvalue weighted by atomic mass is 10.2. The lowest BCUT2D eigenvalue weighted by Gasteiger charge is -2.02. The topological polar surface area (TPSA) is 86.0 Å². The van der Waals surface area contributed by atoms with Crippen molar-refractivity contribution < 1.29 is 18.7 Å². The maximum absolute atomic E-state index is 11.8. The molecule has 116 valence electrons. The highest BCUT2D eigenvalue weighted by molar-refractivity contribution is 9.10. The van der Waals surface area contributed by atoms with Gasteiger partial charge in [-0.25, -0.2) is 10.4 Å². The Morgan fingerprint density at radius 2 is 2.36 bits per heavy atom. The molecule has 0 atom stereocenters. The van der Waals surface area contributed by atoms with Crippen molar-refractivity contribution in [1.29, 1.82) is 0 Å². The molecule has 0 unspecified atom stereocenters. The van der Waals surface area contributed by atoms with Crippen LogP contribution in [0.3, 0.4) is 0 Å². The van der Waals surface area contributed by atoms with Crippen molar-refractivity contribution in [1.82, 2.24) is 10.4 Å². The number of benzene rings is 1. The molecular weight excluding hydrogens is 354 g/mol. The average Bonchev–Trinajstić information content (AvgIpc) is 2.98. The third-order valence-corrected chi connectivity index (χ3v) is 3.26. The van der Waals surface area contributed by atoms with Gasteiger partial charge in [-0.1, -0.05) is 15.9 Å². The molecule has 1 aromatic heterocycles. The van der Waals surface area contributed by atoms with Crippen LogP contribution in [0.2, 0.25) is 0 Å². The summed E-state index contributed by atoms with van der Waals surface area (Å²) in [6, 6.07) is 5.41. The maximum Gasteiger partial charge on any atom is 0.327 e. The van der Waals surface area contributed by atoms with Gasteiger partial charge in [-0.3, -0.25) is 4.79 Å². The van der Waals surface area contributed by atoms with Crippen molar-refractivity contribution in [3.63, 3.8) is 0 Å². The van der Waals surface area contributed by atoms with Gasteiger partial charge >= 0.3 is 11.9 Å². The van der Waals surface area contributed by atoms with Gasteiger partial charge in [0, 0.05) is 10.0 Å². The van der Waals surface area contributed by atoms with Crippen LogP contribution in [0, 0.1) is 0 Å². The Labute approximate surface area is 135 Å². The van der Waals surface area contributed by atoms with E-state index in [0.717, 1.165) is 10.0 Å². The molecule has 1 N–H and O–H groups in total. The number of carbonyl (C=O) groups is 1. The van der Waals surface area contributed by atoms with Crippen LogP contribution in [-0.4, -0.2) is 30.8 Å². The largest absolute Gasteiger partial charge is 0.497 e. The molecule has 0 aliphatic carbocycles. The number of oxazole rings is 1. The number of rotatable bonds is 6. The van der Waals surface area contributed by atoms with Crippen LogP contribution in [0.15, 0.2) is 38.4 Å². The number of hydrazone groups is 1. The Hall–Kier alpha value is -2.35. The lowest BCUT2D eigenvalue weighted by Crippen LogP contribution is -2.17. The maximum atomic E-state index is 11.8. The zero-order chi connectivity index (χ0) is 15.9. The number of nitrogens with one attached hydrogen (secondary N) is 1. The highest BCUT2D eigenvalue weighted by atomic mass is 79.9. The minimum atomic E-state index is -0.568. The molecule has 0 saturated carbocycles. The van der Waals surface area contributed by atoms with Crippen LogP contribution in [-0.2, 0) is 0 Å². The Balaban J connectivity index is 2.00. The summed E-state index contributed by atoms with van der Waals surface area (Å²) < 4.78 is 16.1. The second-order valence-electron chi connectivity index (χ2n) is 4.00. The molecule has 22 heavy (non-hydrogen) atoms. The highest BCUT2D eigenvalue weighted by Gasteiger charge is 2.12. The monoisotopic (exact) mass is 367 g/mol. The fraction of sp³-hybridized carbons (Fsp3) is 0.214. The van der Waals surface area contributed by atoms with Crippen molar-refractivity contribution in [2.75, 3.05) is 13.7 Å². The molecule has 1 heterocycles. The molecule has 0 saturated heterocycles. The molecule has 1 aromatic carbocycles. The van der Waals surface area contributed by atoms with Crippen molar-refractivity contribution in [3.8, 4) is 11.7 Å². The van der Waals surface area contributed by atoms with Crippen molar-refractivity contribution >= 4 is 28.1 Å². The molecule has 0 bridgehead atoms. The van der Waals surface area contributed by atoms with Gasteiger partial charge in [0.05, 0.1) is 19.9 Å². The van der Waals surface area contributed by atoms with E-state index in [4.69, 9.17) is 13.9 Å². The van der Waals surface area contributed by atoms with Gasteiger partial charge in [-0.2, -0.15) is 5.10 Å². The first kappa shape index (κ1) is 16.0. The van der Waals surface area contributed by atoms with E-state index in [1.807, 2.05) is 12.1 Å². The summed E-state index contributed by atoms with van der Waals surface area (Å²) in [5.41, 5.74) is 3.08. The lowest BCUT2D eigenvalue weighted by molar-refractivity contribution is 0.0912. The molecule has 8 heteroatoms. The zero-order valence-electron chi connectivity index (χ0n) is 12.0. The minimum absolute atomic E-state index is 0.120. The van der Waals surface area contributed by atoms with Gasteiger partial charge in [-0.15, -0.1) is 0 Å². The highest BCUT2D eigenvalue weighted by Crippen LogP contribution is 2.20. The fourth-order valence-electron chi connectivity index (χ4n) is 1.53. The quantitative estimate of drug-likeness (QED) is 0.626. The van der Waals surface area contributed by atoms with Crippen LogP contribution >= 0.6 is 15.9 Å². The third-order valence-electron chi connectivity index (χ3n) is 2.54. The summed E-state index contributed by atoms with van der Waals surface area (Å²) in [5, 5.41) is 3.86. The molecular formula is C14H14BrN3O4. The van der Waals surface area contributed by atoms with Gasteiger partial charge < -0.3 is 13.9 Å². The van der Waals surface area contributed by atoms with Crippen LogP contribution in [0.25, 0.3) is 0 Å². The van der Waals surface area contributed by atoms with E-state index in [-0.39, 0.29) is 11.8 Å². The molecule has 7 nitrogen and oxygen atoms in total. The van der Waals surface area contributed by atoms with Gasteiger partial charge in [0.15, 0.2) is 0 Å². The van der Waals surface area contributed by atoms with Crippen LogP contribution in [0.4, 0.5) is 0 Å². The molecule has 0 radical (unpaired) electrons. The number of aromatic nitrogens is 1. The van der Waals surface area contributed by atoms with E-state index >= 15 is 0 Å². The Morgan fingerprint density at radius 1 is 1.55 bits per heavy atom. The second-order valence-corrected chi connectivity index (χ2v) is 4.86. The standard InChI is InChI=1S/C14H14BrN3O4/c1-3-21-12-8-16-14(22-12)13(19)18-17-7-9-6-10(20-2)4-5-11(9)15/h4-8H,3H2,1-2H3,(H,18,19). The molecule has 1 amide bonds. The summed E-state index contributed by atoms with van der Waals surface area (Å²) in [7, 11) is 1.57. The predicted molar refractivity (Wildman–Crippen MR) is 83.4 cm³/mol. The number of hydrogen-bond acceptors (Lipinski definition) is 6. The van der Waals surface area contributed by atoms with E-state index in [1.54, 1.807) is 20.1 Å². The molecule has 0 fully saturated rings. The van der Waals surface area contributed by atoms with Crippen molar-refractivity contribution in [2.45, 2.75) is 6.92 Å². The summed E-state index contributed by atoms with van der Waals surface area (Å²) >= 11 is 3.39. The predicted octanol–water partition coefficient (Wildman–Crippen LogP) is 2.61. The molecule has 2 aromatic rings. The first-order chi connectivity index (χ1) is 10.6. The number of methoxy groups -OCH3 is 1. The number of halogens is 1. The fourth-order valence-corrected chi connectivity index (χ4v) is 1.88. The number of ether oxygens (including phenoxy) is 2. The third kappa shape index (κ3) is 4.08. The van der Waals surface area contributed by atoms with E-state index in [2.05, 4.69) is 31.4 Å². The van der Waals surface area contributed by atoms with Crippen LogP contribution in [0.1, 0.15) is 23.2 Å². The number of amides is 1. The number of nitrogens with zero attached hydrogens (tertiary/aromatic N) is 2. The van der Waals surface area contributed by atoms with E-state index < -0.39 is 5.91 Å². The van der Waals surface area contributed by atoms with Crippen LogP contribution in [0.5, 0.6) is 11.7 Å². The van der Waals surface area contributed by atoms with E-state index in [9.17, 15) is 4.79 Å². The Morgan fingerprint density at radius 3 is 3.09 bits per heavy atom. The SMILES string of the molecule is CCOc1cnc(C(=O)NN=Cc2cc(OC)ccc2Br)o1. The van der Waals surface area contributed by atoms with Crippen molar-refractivity contribution in [3.05, 3.63) is 40.3 Å². The van der Waals surface area contributed by atoms with Crippen LogP contribution < -0.4 is 14.9 Å². The summed E-state index contributed by atoms with van der Waals surface area (Å²) in [5.74, 6) is 0.184. The Kier molecular flexibility index (Phi) is 5.54. The zero-order valence-corrected chi connectivity index (χ0v) is 13.6. The summed E-state index contributed by atoms with van der Waals surface area (Å²) in [6.45, 7) is 2.23. The average molecular weight is 368 g/mol. The Bertz CT molecular complexity index is 684. The van der Waals surface area contributed by atoms with Crippen molar-refractivity contribution in [2.24, 2.45) is 5.10 Å². The molecule has 0 spiro atoms.